The van der Waals surface area contributed by atoms with Crippen LogP contribution in [-0.2, 0) is 13.1 Å². The van der Waals surface area contributed by atoms with Gasteiger partial charge >= 0.3 is 0 Å². The highest BCUT2D eigenvalue weighted by Crippen LogP contribution is 2.16. The van der Waals surface area contributed by atoms with Crippen LogP contribution in [0.25, 0.3) is 0 Å². The van der Waals surface area contributed by atoms with E-state index in [4.69, 9.17) is 4.42 Å². The molecule has 2 heterocycles. The molecule has 19 heavy (non-hydrogen) atoms. The lowest BCUT2D eigenvalue weighted by Gasteiger charge is -2.05. The maximum absolute atomic E-state index is 5.88. The van der Waals surface area contributed by atoms with E-state index in [2.05, 4.69) is 59.8 Å². The van der Waals surface area contributed by atoms with Crippen molar-refractivity contribution < 1.29 is 4.42 Å². The predicted octanol–water partition coefficient (Wildman–Crippen LogP) is 3.18. The first kappa shape index (κ1) is 14.6. The number of aryl methyl sites for hydroxylation is 1. The molecule has 2 aromatic rings. The molecular weight excluding hydrogens is 353 g/mol. The molecular formula is C14H20IN3O. The Morgan fingerprint density at radius 1 is 1.47 bits per heavy atom. The average Bonchev–Trinajstić information content (AvgIpc) is 2.86. The van der Waals surface area contributed by atoms with Crippen molar-refractivity contribution in [1.82, 2.24) is 15.1 Å². The molecule has 0 aromatic carbocycles. The van der Waals surface area contributed by atoms with Gasteiger partial charge in [0.15, 0.2) is 0 Å². The Kier molecular flexibility index (Phi) is 5.04. The van der Waals surface area contributed by atoms with E-state index in [1.165, 1.54) is 5.56 Å². The molecule has 0 fully saturated rings. The van der Waals surface area contributed by atoms with E-state index in [0.29, 0.717) is 12.5 Å². The number of furan rings is 1. The average molecular weight is 373 g/mol. The fourth-order valence-electron chi connectivity index (χ4n) is 1.90. The molecule has 2 rings (SSSR count). The monoisotopic (exact) mass is 373 g/mol. The molecule has 0 aliphatic carbocycles. The Hall–Kier alpha value is -0.820. The zero-order valence-electron chi connectivity index (χ0n) is 11.6. The third-order valence-corrected chi connectivity index (χ3v) is 3.39. The molecule has 0 atom stereocenters. The quantitative estimate of drug-likeness (QED) is 0.791. The minimum absolute atomic E-state index is 0.654. The minimum atomic E-state index is 0.654. The van der Waals surface area contributed by atoms with Gasteiger partial charge in [0.05, 0.1) is 22.9 Å². The highest BCUT2D eigenvalue weighted by Gasteiger charge is 2.08. The SMILES string of the molecule is Cc1cc(Cn2cc(I)cn2)oc1CNCC(C)C. The number of nitrogens with one attached hydrogen (secondary N) is 1. The van der Waals surface area contributed by atoms with Gasteiger partial charge in [-0.1, -0.05) is 13.8 Å². The van der Waals surface area contributed by atoms with E-state index in [1.807, 2.05) is 17.1 Å². The van der Waals surface area contributed by atoms with Crippen LogP contribution in [0, 0.1) is 16.4 Å². The molecule has 0 aliphatic rings. The number of hydrogen-bond acceptors (Lipinski definition) is 3. The number of rotatable bonds is 6. The third kappa shape index (κ3) is 4.35. The standard InChI is InChI=1S/C14H20IN3O/c1-10(2)5-16-7-14-11(3)4-13(19-14)9-18-8-12(15)6-17-18/h4,6,8,10,16H,5,7,9H2,1-3H3. The topological polar surface area (TPSA) is 43.0 Å². The number of halogens is 1. The lowest BCUT2D eigenvalue weighted by molar-refractivity contribution is 0.421. The van der Waals surface area contributed by atoms with E-state index in [1.54, 1.807) is 0 Å². The number of hydrogen-bond donors (Lipinski definition) is 1. The van der Waals surface area contributed by atoms with Gasteiger partial charge in [-0.15, -0.1) is 0 Å². The molecule has 0 unspecified atom stereocenters. The van der Waals surface area contributed by atoms with Crippen LogP contribution in [0.3, 0.4) is 0 Å². The van der Waals surface area contributed by atoms with Crippen LogP contribution < -0.4 is 5.32 Å². The second-order valence-electron chi connectivity index (χ2n) is 5.20. The van der Waals surface area contributed by atoms with Crippen LogP contribution in [0.5, 0.6) is 0 Å². The van der Waals surface area contributed by atoms with E-state index in [9.17, 15) is 0 Å². The summed E-state index contributed by atoms with van der Waals surface area (Å²) in [5.41, 5.74) is 1.20. The van der Waals surface area contributed by atoms with Gasteiger partial charge in [0.1, 0.15) is 11.5 Å². The molecule has 4 nitrogen and oxygen atoms in total. The summed E-state index contributed by atoms with van der Waals surface area (Å²) in [5, 5.41) is 7.67. The summed E-state index contributed by atoms with van der Waals surface area (Å²) in [7, 11) is 0. The molecule has 0 spiro atoms. The summed E-state index contributed by atoms with van der Waals surface area (Å²) < 4.78 is 8.92. The lowest BCUT2D eigenvalue weighted by Crippen LogP contribution is -2.19. The first-order valence-corrected chi connectivity index (χ1v) is 7.59. The predicted molar refractivity (Wildman–Crippen MR) is 84.0 cm³/mol. The van der Waals surface area contributed by atoms with Gasteiger partial charge in [-0.25, -0.2) is 0 Å². The van der Waals surface area contributed by atoms with Crippen LogP contribution in [0.2, 0.25) is 0 Å². The molecule has 5 heteroatoms. The molecule has 0 saturated heterocycles. The van der Waals surface area contributed by atoms with Crippen LogP contribution >= 0.6 is 22.6 Å². The van der Waals surface area contributed by atoms with Crippen LogP contribution in [0.15, 0.2) is 22.9 Å². The van der Waals surface area contributed by atoms with Gasteiger partial charge in [-0.05, 0) is 53.6 Å². The summed E-state index contributed by atoms with van der Waals surface area (Å²) >= 11 is 2.26. The maximum atomic E-state index is 5.88. The van der Waals surface area contributed by atoms with Crippen molar-refractivity contribution in [2.75, 3.05) is 6.54 Å². The Balaban J connectivity index is 1.96. The summed E-state index contributed by atoms with van der Waals surface area (Å²) in [6.45, 7) is 8.98. The fourth-order valence-corrected chi connectivity index (χ4v) is 2.35. The van der Waals surface area contributed by atoms with Crippen molar-refractivity contribution in [3.8, 4) is 0 Å². The first-order valence-electron chi connectivity index (χ1n) is 6.51. The van der Waals surface area contributed by atoms with E-state index in [0.717, 1.165) is 28.2 Å². The second-order valence-corrected chi connectivity index (χ2v) is 6.45. The molecule has 1 N–H and O–H groups in total. The fraction of sp³-hybridized carbons (Fsp3) is 0.500. The van der Waals surface area contributed by atoms with Crippen LogP contribution in [0.1, 0.15) is 30.9 Å². The van der Waals surface area contributed by atoms with Crippen molar-refractivity contribution in [2.45, 2.75) is 33.9 Å². The largest absolute Gasteiger partial charge is 0.462 e. The molecule has 0 saturated carbocycles. The highest BCUT2D eigenvalue weighted by molar-refractivity contribution is 14.1. The third-order valence-electron chi connectivity index (χ3n) is 2.83. The summed E-state index contributed by atoms with van der Waals surface area (Å²) in [6, 6.07) is 2.10. The summed E-state index contributed by atoms with van der Waals surface area (Å²) in [4.78, 5) is 0. The number of aromatic nitrogens is 2. The molecule has 2 aromatic heterocycles. The zero-order chi connectivity index (χ0) is 13.8. The molecule has 0 amide bonds. The second kappa shape index (κ2) is 6.56. The van der Waals surface area contributed by atoms with Crippen molar-refractivity contribution in [1.29, 1.82) is 0 Å². The van der Waals surface area contributed by atoms with Gasteiger partial charge in [0.2, 0.25) is 0 Å². The van der Waals surface area contributed by atoms with Gasteiger partial charge in [-0.3, -0.25) is 4.68 Å². The Morgan fingerprint density at radius 2 is 2.26 bits per heavy atom. The highest BCUT2D eigenvalue weighted by atomic mass is 127. The lowest BCUT2D eigenvalue weighted by atomic mass is 10.2. The van der Waals surface area contributed by atoms with Gasteiger partial charge in [0.25, 0.3) is 0 Å². The Bertz CT molecular complexity index is 531. The van der Waals surface area contributed by atoms with Crippen LogP contribution in [-0.4, -0.2) is 16.3 Å². The van der Waals surface area contributed by atoms with Gasteiger partial charge in [-0.2, -0.15) is 5.10 Å². The first-order chi connectivity index (χ1) is 9.04. The smallest absolute Gasteiger partial charge is 0.126 e. The van der Waals surface area contributed by atoms with Gasteiger partial charge in [0, 0.05) is 6.20 Å². The molecule has 104 valence electrons. The summed E-state index contributed by atoms with van der Waals surface area (Å²) in [6.07, 6.45) is 3.86. The Morgan fingerprint density at radius 3 is 2.89 bits per heavy atom. The molecule has 0 bridgehead atoms. The maximum Gasteiger partial charge on any atom is 0.126 e. The Labute approximate surface area is 127 Å². The minimum Gasteiger partial charge on any atom is -0.462 e. The van der Waals surface area contributed by atoms with Crippen molar-refractivity contribution in [3.05, 3.63) is 39.1 Å². The van der Waals surface area contributed by atoms with E-state index < -0.39 is 0 Å². The van der Waals surface area contributed by atoms with E-state index in [-0.39, 0.29) is 0 Å². The van der Waals surface area contributed by atoms with Crippen molar-refractivity contribution in [2.24, 2.45) is 5.92 Å². The number of nitrogens with zero attached hydrogens (tertiary/aromatic N) is 2. The normalized spacial score (nSPS) is 11.4. The summed E-state index contributed by atoms with van der Waals surface area (Å²) in [5.74, 6) is 2.64. The van der Waals surface area contributed by atoms with Crippen molar-refractivity contribution in [3.63, 3.8) is 0 Å². The molecule has 0 aliphatic heterocycles. The zero-order valence-corrected chi connectivity index (χ0v) is 13.8. The van der Waals surface area contributed by atoms with Crippen molar-refractivity contribution >= 4 is 22.6 Å². The van der Waals surface area contributed by atoms with Crippen LogP contribution in [0.4, 0.5) is 0 Å². The molecule has 0 radical (unpaired) electrons. The van der Waals surface area contributed by atoms with E-state index >= 15 is 0 Å². The van der Waals surface area contributed by atoms with Gasteiger partial charge < -0.3 is 9.73 Å².